The Kier molecular flexibility index (Phi) is 4.21. The molecule has 1 aliphatic carbocycles. The first kappa shape index (κ1) is 12.2. The first-order chi connectivity index (χ1) is 8.35. The summed E-state index contributed by atoms with van der Waals surface area (Å²) in [6.45, 7) is 0. The van der Waals surface area contributed by atoms with Crippen molar-refractivity contribution >= 4 is 17.6 Å². The summed E-state index contributed by atoms with van der Waals surface area (Å²) in [5.74, 6) is 0.626. The molecule has 0 amide bonds. The van der Waals surface area contributed by atoms with Gasteiger partial charge in [0.2, 0.25) is 0 Å². The normalized spacial score (nSPS) is 24.0. The lowest BCUT2D eigenvalue weighted by atomic mass is 9.95. The van der Waals surface area contributed by atoms with Crippen LogP contribution in [0.4, 0.5) is 5.82 Å². The molecule has 2 atom stereocenters. The number of thioether (sulfide) groups is 1. The van der Waals surface area contributed by atoms with E-state index in [4.69, 9.17) is 5.26 Å². The summed E-state index contributed by atoms with van der Waals surface area (Å²) in [5, 5.41) is 20.9. The van der Waals surface area contributed by atoms with Crippen molar-refractivity contribution in [3.63, 3.8) is 0 Å². The fourth-order valence-corrected chi connectivity index (χ4v) is 3.18. The molecule has 0 aliphatic heterocycles. The van der Waals surface area contributed by atoms with Gasteiger partial charge in [-0.3, -0.25) is 0 Å². The van der Waals surface area contributed by atoms with Crippen LogP contribution in [0.15, 0.2) is 12.3 Å². The smallest absolute Gasteiger partial charge is 0.166 e. The molecule has 1 aromatic heterocycles. The number of nitriles is 1. The molecule has 5 heteroatoms. The van der Waals surface area contributed by atoms with E-state index in [9.17, 15) is 0 Å². The first-order valence-electron chi connectivity index (χ1n) is 5.86. The summed E-state index contributed by atoms with van der Waals surface area (Å²) < 4.78 is 0. The molecule has 1 aromatic rings. The van der Waals surface area contributed by atoms with Gasteiger partial charge in [0.1, 0.15) is 6.07 Å². The van der Waals surface area contributed by atoms with E-state index in [1.165, 1.54) is 19.3 Å². The van der Waals surface area contributed by atoms with Gasteiger partial charge in [-0.25, -0.2) is 0 Å². The highest BCUT2D eigenvalue weighted by molar-refractivity contribution is 7.99. The van der Waals surface area contributed by atoms with Gasteiger partial charge in [0, 0.05) is 11.3 Å². The van der Waals surface area contributed by atoms with Crippen molar-refractivity contribution < 1.29 is 0 Å². The van der Waals surface area contributed by atoms with Crippen molar-refractivity contribution in [2.75, 3.05) is 11.6 Å². The summed E-state index contributed by atoms with van der Waals surface area (Å²) >= 11 is 1.89. The molecule has 1 N–H and O–H groups in total. The van der Waals surface area contributed by atoms with Crippen LogP contribution in [-0.2, 0) is 0 Å². The Labute approximate surface area is 106 Å². The van der Waals surface area contributed by atoms with E-state index in [2.05, 4.69) is 27.8 Å². The second-order valence-electron chi connectivity index (χ2n) is 4.21. The number of rotatable bonds is 3. The average molecular weight is 248 g/mol. The van der Waals surface area contributed by atoms with Crippen LogP contribution in [0.25, 0.3) is 0 Å². The predicted molar refractivity (Wildman–Crippen MR) is 69.9 cm³/mol. The highest BCUT2D eigenvalue weighted by Gasteiger charge is 2.25. The summed E-state index contributed by atoms with van der Waals surface area (Å²) in [4.78, 5) is 0. The van der Waals surface area contributed by atoms with Gasteiger partial charge in [-0.05, 0) is 25.2 Å². The van der Waals surface area contributed by atoms with Gasteiger partial charge in [-0.15, -0.1) is 5.10 Å². The molecule has 0 aromatic carbocycles. The highest BCUT2D eigenvalue weighted by Crippen LogP contribution is 2.29. The lowest BCUT2D eigenvalue weighted by Crippen LogP contribution is -2.34. The zero-order valence-corrected chi connectivity index (χ0v) is 10.7. The number of hydrogen-bond donors (Lipinski definition) is 1. The molecule has 0 spiro atoms. The Morgan fingerprint density at radius 1 is 1.47 bits per heavy atom. The van der Waals surface area contributed by atoms with Gasteiger partial charge >= 0.3 is 0 Å². The molecule has 1 heterocycles. The van der Waals surface area contributed by atoms with E-state index in [0.29, 0.717) is 22.7 Å². The van der Waals surface area contributed by atoms with Gasteiger partial charge in [-0.2, -0.15) is 22.1 Å². The molecule has 1 fully saturated rings. The van der Waals surface area contributed by atoms with E-state index in [-0.39, 0.29) is 0 Å². The van der Waals surface area contributed by atoms with Crippen LogP contribution in [0.3, 0.4) is 0 Å². The van der Waals surface area contributed by atoms with E-state index < -0.39 is 0 Å². The molecular weight excluding hydrogens is 232 g/mol. The third-order valence-electron chi connectivity index (χ3n) is 3.17. The zero-order valence-electron chi connectivity index (χ0n) is 9.89. The predicted octanol–water partition coefficient (Wildman–Crippen LogP) is 2.43. The van der Waals surface area contributed by atoms with E-state index >= 15 is 0 Å². The fraction of sp³-hybridized carbons (Fsp3) is 0.583. The minimum absolute atomic E-state index is 0.405. The van der Waals surface area contributed by atoms with Gasteiger partial charge in [0.05, 0.1) is 11.8 Å². The lowest BCUT2D eigenvalue weighted by molar-refractivity contribution is 0.474. The topological polar surface area (TPSA) is 61.6 Å². The number of nitrogens with zero attached hydrogens (tertiary/aromatic N) is 3. The number of hydrogen-bond acceptors (Lipinski definition) is 5. The van der Waals surface area contributed by atoms with E-state index in [0.717, 1.165) is 6.42 Å². The maximum absolute atomic E-state index is 9.01. The summed E-state index contributed by atoms with van der Waals surface area (Å²) in [5.41, 5.74) is 0.574. The van der Waals surface area contributed by atoms with Gasteiger partial charge in [0.15, 0.2) is 5.82 Å². The minimum atomic E-state index is 0.405. The van der Waals surface area contributed by atoms with E-state index in [1.54, 1.807) is 12.3 Å². The van der Waals surface area contributed by atoms with Crippen LogP contribution in [0.2, 0.25) is 0 Å². The molecule has 0 bridgehead atoms. The summed E-state index contributed by atoms with van der Waals surface area (Å²) in [7, 11) is 0. The molecule has 2 unspecified atom stereocenters. The molecule has 2 rings (SSSR count). The van der Waals surface area contributed by atoms with Crippen LogP contribution in [-0.4, -0.2) is 27.7 Å². The average Bonchev–Trinajstić information content (AvgIpc) is 2.40. The Bertz CT molecular complexity index is 415. The first-order valence-corrected chi connectivity index (χ1v) is 7.15. The van der Waals surface area contributed by atoms with Crippen LogP contribution in [0, 0.1) is 11.3 Å². The van der Waals surface area contributed by atoms with Crippen molar-refractivity contribution in [3.8, 4) is 6.07 Å². The summed E-state index contributed by atoms with van der Waals surface area (Å²) in [6.07, 6.45) is 8.63. The fourth-order valence-electron chi connectivity index (χ4n) is 2.25. The maximum Gasteiger partial charge on any atom is 0.166 e. The van der Waals surface area contributed by atoms with Crippen molar-refractivity contribution in [1.82, 2.24) is 10.2 Å². The monoisotopic (exact) mass is 248 g/mol. The molecule has 90 valence electrons. The lowest BCUT2D eigenvalue weighted by Gasteiger charge is -2.31. The van der Waals surface area contributed by atoms with Crippen LogP contribution < -0.4 is 5.32 Å². The van der Waals surface area contributed by atoms with Crippen LogP contribution >= 0.6 is 11.8 Å². The van der Waals surface area contributed by atoms with Gasteiger partial charge < -0.3 is 5.32 Å². The SMILES string of the molecule is CSC1CCCCC1Nc1nnccc1C#N. The molecule has 0 saturated heterocycles. The minimum Gasteiger partial charge on any atom is -0.364 e. The third-order valence-corrected chi connectivity index (χ3v) is 4.34. The van der Waals surface area contributed by atoms with Crippen molar-refractivity contribution in [2.45, 2.75) is 37.0 Å². The Morgan fingerprint density at radius 2 is 2.29 bits per heavy atom. The zero-order chi connectivity index (χ0) is 12.1. The molecule has 4 nitrogen and oxygen atoms in total. The molecule has 1 saturated carbocycles. The van der Waals surface area contributed by atoms with Crippen molar-refractivity contribution in [1.29, 1.82) is 5.26 Å². The number of nitrogens with one attached hydrogen (secondary N) is 1. The van der Waals surface area contributed by atoms with E-state index in [1.807, 2.05) is 11.8 Å². The number of anilines is 1. The largest absolute Gasteiger partial charge is 0.364 e. The Hall–Kier alpha value is -1.28. The molecular formula is C12H16N4S. The number of aromatic nitrogens is 2. The van der Waals surface area contributed by atoms with Crippen LogP contribution in [0.5, 0.6) is 0 Å². The van der Waals surface area contributed by atoms with Gasteiger partial charge in [0.25, 0.3) is 0 Å². The van der Waals surface area contributed by atoms with Crippen molar-refractivity contribution in [2.24, 2.45) is 0 Å². The molecule has 0 radical (unpaired) electrons. The molecule has 1 aliphatic rings. The Balaban J connectivity index is 2.11. The van der Waals surface area contributed by atoms with Gasteiger partial charge in [-0.1, -0.05) is 12.8 Å². The second kappa shape index (κ2) is 5.87. The standard InChI is InChI=1S/C12H16N4S/c1-17-11-5-3-2-4-10(11)15-12-9(8-13)6-7-14-16-12/h6-7,10-11H,2-5H2,1H3,(H,15,16). The second-order valence-corrected chi connectivity index (χ2v) is 5.29. The maximum atomic E-state index is 9.01. The highest BCUT2D eigenvalue weighted by atomic mass is 32.2. The summed E-state index contributed by atoms with van der Waals surface area (Å²) in [6, 6.07) is 4.25. The quantitative estimate of drug-likeness (QED) is 0.890. The van der Waals surface area contributed by atoms with Crippen molar-refractivity contribution in [3.05, 3.63) is 17.8 Å². The molecule has 17 heavy (non-hydrogen) atoms. The van der Waals surface area contributed by atoms with Crippen LogP contribution in [0.1, 0.15) is 31.2 Å². The third kappa shape index (κ3) is 2.89. The Morgan fingerprint density at radius 3 is 3.06 bits per heavy atom.